The van der Waals surface area contributed by atoms with E-state index in [1.807, 2.05) is 12.1 Å². The summed E-state index contributed by atoms with van der Waals surface area (Å²) in [6, 6.07) is 6.89. The van der Waals surface area contributed by atoms with Crippen molar-refractivity contribution in [2.45, 2.75) is 31.2 Å². The van der Waals surface area contributed by atoms with Gasteiger partial charge in [0.25, 0.3) is 5.69 Å². The quantitative estimate of drug-likeness (QED) is 0.665. The number of nitrogens with one attached hydrogen (secondary N) is 1. The molecule has 1 heterocycles. The summed E-state index contributed by atoms with van der Waals surface area (Å²) in [4.78, 5) is 14.9. The zero-order chi connectivity index (χ0) is 14.9. The van der Waals surface area contributed by atoms with E-state index < -0.39 is 4.92 Å². The monoisotopic (exact) mass is 286 g/mol. The van der Waals surface area contributed by atoms with E-state index in [2.05, 4.69) is 10.3 Å². The molecule has 0 bridgehead atoms. The Morgan fingerprint density at radius 2 is 2.10 bits per heavy atom. The number of nitro benzene ring substituents is 1. The molecule has 0 saturated heterocycles. The number of hydrogen-bond donors (Lipinski definition) is 2. The van der Waals surface area contributed by atoms with Gasteiger partial charge in [-0.2, -0.15) is 0 Å². The maximum Gasteiger partial charge on any atom is 0.295 e. The maximum atomic E-state index is 11.1. The number of fused-ring (bicyclic) bond motifs is 1. The van der Waals surface area contributed by atoms with Gasteiger partial charge < -0.3 is 11.1 Å². The van der Waals surface area contributed by atoms with Gasteiger partial charge in [0.2, 0.25) is 0 Å². The molecule has 3 N–H and O–H groups in total. The number of benzene rings is 1. The molecule has 0 spiro atoms. The summed E-state index contributed by atoms with van der Waals surface area (Å²) in [5.41, 5.74) is 7.17. The van der Waals surface area contributed by atoms with Crippen molar-refractivity contribution in [1.29, 1.82) is 0 Å². The van der Waals surface area contributed by atoms with Gasteiger partial charge in [-0.1, -0.05) is 25.0 Å². The molecule has 1 aromatic heterocycles. The summed E-state index contributed by atoms with van der Waals surface area (Å²) >= 11 is 0. The van der Waals surface area contributed by atoms with Crippen LogP contribution >= 0.6 is 0 Å². The average Bonchev–Trinajstić information content (AvgIpc) is 2.96. The van der Waals surface area contributed by atoms with E-state index in [0.717, 1.165) is 36.8 Å². The van der Waals surface area contributed by atoms with Gasteiger partial charge in [-0.15, -0.1) is 0 Å². The van der Waals surface area contributed by atoms with E-state index in [1.54, 1.807) is 12.3 Å². The van der Waals surface area contributed by atoms with E-state index in [9.17, 15) is 10.1 Å². The zero-order valence-electron chi connectivity index (χ0n) is 11.7. The van der Waals surface area contributed by atoms with Crippen molar-refractivity contribution in [3.63, 3.8) is 0 Å². The highest BCUT2D eigenvalue weighted by atomic mass is 16.6. The fraction of sp³-hybridized carbons (Fsp3) is 0.400. The summed E-state index contributed by atoms with van der Waals surface area (Å²) in [6.45, 7) is 0.561. The highest BCUT2D eigenvalue weighted by Crippen LogP contribution is 2.35. The number of nitro groups is 1. The number of nitrogens with two attached hydrogens (primary N) is 1. The van der Waals surface area contributed by atoms with Crippen molar-refractivity contribution >= 4 is 22.3 Å². The molecular weight excluding hydrogens is 268 g/mol. The molecule has 0 atom stereocenters. The molecule has 0 aliphatic heterocycles. The van der Waals surface area contributed by atoms with Gasteiger partial charge in [0, 0.05) is 35.4 Å². The first-order valence-corrected chi connectivity index (χ1v) is 7.16. The highest BCUT2D eigenvalue weighted by molar-refractivity contribution is 5.96. The summed E-state index contributed by atoms with van der Waals surface area (Å²) in [6.07, 6.45) is 5.99. The minimum absolute atomic E-state index is 0.0318. The van der Waals surface area contributed by atoms with Crippen LogP contribution < -0.4 is 11.1 Å². The first-order chi connectivity index (χ1) is 10.2. The second-order valence-electron chi connectivity index (χ2n) is 5.61. The van der Waals surface area contributed by atoms with Crippen LogP contribution in [-0.2, 0) is 0 Å². The Labute approximate surface area is 122 Å². The topological polar surface area (TPSA) is 94.1 Å². The Bertz CT molecular complexity index is 680. The second kappa shape index (κ2) is 5.29. The standard InChI is InChI=1S/C15H18N4O2/c16-10-15(7-1-2-8-15)18-12-6-9-17-14-11(12)4-3-5-13(14)19(20)21/h3-6,9H,1-2,7-8,10,16H2,(H,17,18). The Morgan fingerprint density at radius 1 is 1.33 bits per heavy atom. The largest absolute Gasteiger partial charge is 0.378 e. The van der Waals surface area contributed by atoms with Gasteiger partial charge in [0.15, 0.2) is 0 Å². The SMILES string of the molecule is NCC1(Nc2ccnc3c([N+](=O)[O-])cccc23)CCCC1. The molecule has 1 fully saturated rings. The van der Waals surface area contributed by atoms with E-state index in [0.29, 0.717) is 12.1 Å². The van der Waals surface area contributed by atoms with E-state index >= 15 is 0 Å². The van der Waals surface area contributed by atoms with E-state index in [-0.39, 0.29) is 11.2 Å². The second-order valence-corrected chi connectivity index (χ2v) is 5.61. The van der Waals surface area contributed by atoms with Crippen LogP contribution in [0.4, 0.5) is 11.4 Å². The lowest BCUT2D eigenvalue weighted by molar-refractivity contribution is -0.383. The number of hydrogen-bond acceptors (Lipinski definition) is 5. The van der Waals surface area contributed by atoms with Crippen LogP contribution in [0.2, 0.25) is 0 Å². The number of aromatic nitrogens is 1. The van der Waals surface area contributed by atoms with Crippen LogP contribution in [0.1, 0.15) is 25.7 Å². The minimum Gasteiger partial charge on any atom is -0.378 e. The summed E-state index contributed by atoms with van der Waals surface area (Å²) < 4.78 is 0. The van der Waals surface area contributed by atoms with Crippen molar-refractivity contribution in [1.82, 2.24) is 4.98 Å². The molecule has 6 nitrogen and oxygen atoms in total. The van der Waals surface area contributed by atoms with Crippen LogP contribution in [0.15, 0.2) is 30.5 Å². The number of nitrogens with zero attached hydrogens (tertiary/aromatic N) is 2. The third-order valence-electron chi connectivity index (χ3n) is 4.30. The molecule has 3 rings (SSSR count). The number of rotatable bonds is 4. The molecule has 1 aromatic carbocycles. The molecule has 1 saturated carbocycles. The molecule has 110 valence electrons. The van der Waals surface area contributed by atoms with Crippen molar-refractivity contribution in [2.75, 3.05) is 11.9 Å². The fourth-order valence-corrected chi connectivity index (χ4v) is 3.13. The number of pyridine rings is 1. The molecule has 0 amide bonds. The van der Waals surface area contributed by atoms with Crippen molar-refractivity contribution in [3.8, 4) is 0 Å². The van der Waals surface area contributed by atoms with E-state index in [1.165, 1.54) is 6.07 Å². The number of anilines is 1. The smallest absolute Gasteiger partial charge is 0.295 e. The maximum absolute atomic E-state index is 11.1. The van der Waals surface area contributed by atoms with Crippen LogP contribution in [0.25, 0.3) is 10.9 Å². The third-order valence-corrected chi connectivity index (χ3v) is 4.30. The van der Waals surface area contributed by atoms with Crippen LogP contribution in [0.5, 0.6) is 0 Å². The Morgan fingerprint density at radius 3 is 2.76 bits per heavy atom. The van der Waals surface area contributed by atoms with Gasteiger partial charge >= 0.3 is 0 Å². The Hall–Kier alpha value is -2.21. The first-order valence-electron chi connectivity index (χ1n) is 7.16. The molecule has 21 heavy (non-hydrogen) atoms. The Balaban J connectivity index is 2.07. The predicted octanol–water partition coefficient (Wildman–Crippen LogP) is 2.83. The normalized spacial score (nSPS) is 17.0. The van der Waals surface area contributed by atoms with Crippen molar-refractivity contribution < 1.29 is 4.92 Å². The minimum atomic E-state index is -0.395. The lowest BCUT2D eigenvalue weighted by Gasteiger charge is -2.30. The molecular formula is C15H18N4O2. The first kappa shape index (κ1) is 13.8. The van der Waals surface area contributed by atoms with Crippen LogP contribution in [0, 0.1) is 10.1 Å². The van der Waals surface area contributed by atoms with Gasteiger partial charge in [-0.05, 0) is 18.9 Å². The van der Waals surface area contributed by atoms with Crippen molar-refractivity contribution in [2.24, 2.45) is 5.73 Å². The van der Waals surface area contributed by atoms with Crippen LogP contribution in [0.3, 0.4) is 0 Å². The van der Waals surface area contributed by atoms with Gasteiger partial charge in [-0.25, -0.2) is 4.98 Å². The zero-order valence-corrected chi connectivity index (χ0v) is 11.7. The van der Waals surface area contributed by atoms with Gasteiger partial charge in [0.1, 0.15) is 5.52 Å². The lowest BCUT2D eigenvalue weighted by Crippen LogP contribution is -2.42. The van der Waals surface area contributed by atoms with Crippen molar-refractivity contribution in [3.05, 3.63) is 40.6 Å². The Kier molecular flexibility index (Phi) is 3.47. The summed E-state index contributed by atoms with van der Waals surface area (Å²) in [5.74, 6) is 0. The summed E-state index contributed by atoms with van der Waals surface area (Å²) in [7, 11) is 0. The fourth-order valence-electron chi connectivity index (χ4n) is 3.13. The lowest BCUT2D eigenvalue weighted by atomic mass is 9.97. The molecule has 0 unspecified atom stereocenters. The van der Waals surface area contributed by atoms with Gasteiger partial charge in [0.05, 0.1) is 4.92 Å². The predicted molar refractivity (Wildman–Crippen MR) is 82.3 cm³/mol. The molecule has 1 aliphatic rings. The third kappa shape index (κ3) is 2.42. The molecule has 2 aromatic rings. The highest BCUT2D eigenvalue weighted by Gasteiger charge is 2.32. The molecule has 0 radical (unpaired) electrons. The number of para-hydroxylation sites is 1. The van der Waals surface area contributed by atoms with E-state index in [4.69, 9.17) is 5.73 Å². The molecule has 6 heteroatoms. The van der Waals surface area contributed by atoms with Gasteiger partial charge in [-0.3, -0.25) is 10.1 Å². The molecule has 1 aliphatic carbocycles. The number of non-ortho nitro benzene ring substituents is 1. The average molecular weight is 286 g/mol. The summed E-state index contributed by atoms with van der Waals surface area (Å²) in [5, 5.41) is 15.4. The van der Waals surface area contributed by atoms with Crippen LogP contribution in [-0.4, -0.2) is 22.0 Å².